The summed E-state index contributed by atoms with van der Waals surface area (Å²) in [4.78, 5) is 0. The molecular formula is C15H23N. The van der Waals surface area contributed by atoms with E-state index in [1.807, 2.05) is 0 Å². The lowest BCUT2D eigenvalue weighted by Gasteiger charge is -2.40. The minimum atomic E-state index is 0.536. The van der Waals surface area contributed by atoms with E-state index in [-0.39, 0.29) is 0 Å². The second-order valence-corrected chi connectivity index (χ2v) is 6.00. The van der Waals surface area contributed by atoms with Gasteiger partial charge < -0.3 is 5.32 Å². The molecule has 1 heteroatoms. The molecule has 0 spiro atoms. The van der Waals surface area contributed by atoms with Crippen molar-refractivity contribution in [2.24, 2.45) is 11.3 Å². The van der Waals surface area contributed by atoms with Crippen molar-refractivity contribution >= 4 is 5.69 Å². The molecule has 1 aliphatic rings. The zero-order chi connectivity index (χ0) is 11.6. The topological polar surface area (TPSA) is 12.0 Å². The largest absolute Gasteiger partial charge is 0.382 e. The molecule has 0 saturated heterocycles. The van der Waals surface area contributed by atoms with Crippen molar-refractivity contribution in [1.82, 2.24) is 0 Å². The third-order valence-corrected chi connectivity index (χ3v) is 3.82. The average Bonchev–Trinajstić information content (AvgIpc) is 2.23. The molecule has 0 amide bonds. The SMILES string of the molecule is CC1CC(C)(C)CCC1Nc1ccccc1. The highest BCUT2D eigenvalue weighted by Gasteiger charge is 2.32. The number of hydrogen-bond acceptors (Lipinski definition) is 1. The minimum Gasteiger partial charge on any atom is -0.382 e. The maximum atomic E-state index is 3.67. The van der Waals surface area contributed by atoms with Crippen molar-refractivity contribution in [3.8, 4) is 0 Å². The fourth-order valence-corrected chi connectivity index (χ4v) is 2.91. The van der Waals surface area contributed by atoms with Crippen molar-refractivity contribution in [1.29, 1.82) is 0 Å². The highest BCUT2D eigenvalue weighted by molar-refractivity contribution is 5.43. The first-order chi connectivity index (χ1) is 7.57. The number of rotatable bonds is 2. The Hall–Kier alpha value is -0.980. The first-order valence-electron chi connectivity index (χ1n) is 6.38. The summed E-state index contributed by atoms with van der Waals surface area (Å²) in [5, 5.41) is 3.67. The molecule has 1 N–H and O–H groups in total. The summed E-state index contributed by atoms with van der Waals surface area (Å²) in [5.41, 5.74) is 1.80. The van der Waals surface area contributed by atoms with Gasteiger partial charge in [-0.05, 0) is 42.7 Å². The zero-order valence-electron chi connectivity index (χ0n) is 10.7. The molecule has 1 fully saturated rings. The highest BCUT2D eigenvalue weighted by Crippen LogP contribution is 2.39. The highest BCUT2D eigenvalue weighted by atomic mass is 14.9. The van der Waals surface area contributed by atoms with Crippen LogP contribution in [0.5, 0.6) is 0 Å². The van der Waals surface area contributed by atoms with Crippen LogP contribution >= 0.6 is 0 Å². The van der Waals surface area contributed by atoms with Crippen molar-refractivity contribution in [2.45, 2.75) is 46.1 Å². The minimum absolute atomic E-state index is 0.536. The average molecular weight is 217 g/mol. The lowest BCUT2D eigenvalue weighted by atomic mass is 9.70. The van der Waals surface area contributed by atoms with Gasteiger partial charge in [0.25, 0.3) is 0 Å². The number of benzene rings is 1. The number of anilines is 1. The van der Waals surface area contributed by atoms with E-state index in [9.17, 15) is 0 Å². The summed E-state index contributed by atoms with van der Waals surface area (Å²) in [6.07, 6.45) is 3.96. The fraction of sp³-hybridized carbons (Fsp3) is 0.600. The molecule has 0 heterocycles. The molecule has 0 aliphatic heterocycles. The molecule has 0 aromatic heterocycles. The monoisotopic (exact) mass is 217 g/mol. The van der Waals surface area contributed by atoms with Crippen molar-refractivity contribution < 1.29 is 0 Å². The van der Waals surface area contributed by atoms with E-state index in [0.717, 1.165) is 5.92 Å². The Morgan fingerprint density at radius 2 is 1.88 bits per heavy atom. The van der Waals surface area contributed by atoms with Gasteiger partial charge in [-0.3, -0.25) is 0 Å². The molecule has 0 bridgehead atoms. The Kier molecular flexibility index (Phi) is 3.22. The van der Waals surface area contributed by atoms with Crippen LogP contribution in [-0.4, -0.2) is 6.04 Å². The summed E-state index contributed by atoms with van der Waals surface area (Å²) in [5.74, 6) is 0.768. The molecule has 2 atom stereocenters. The number of hydrogen-bond donors (Lipinski definition) is 1. The zero-order valence-corrected chi connectivity index (χ0v) is 10.7. The van der Waals surface area contributed by atoms with E-state index in [1.54, 1.807) is 0 Å². The summed E-state index contributed by atoms with van der Waals surface area (Å²) in [6, 6.07) is 11.2. The molecule has 1 aliphatic carbocycles. The molecule has 2 rings (SSSR count). The molecule has 16 heavy (non-hydrogen) atoms. The van der Waals surface area contributed by atoms with E-state index < -0.39 is 0 Å². The molecule has 1 nitrogen and oxygen atoms in total. The lowest BCUT2D eigenvalue weighted by molar-refractivity contribution is 0.177. The van der Waals surface area contributed by atoms with E-state index in [4.69, 9.17) is 0 Å². The summed E-state index contributed by atoms with van der Waals surface area (Å²) in [7, 11) is 0. The summed E-state index contributed by atoms with van der Waals surface area (Å²) in [6.45, 7) is 7.16. The number of nitrogens with one attached hydrogen (secondary N) is 1. The third-order valence-electron chi connectivity index (χ3n) is 3.82. The molecule has 1 saturated carbocycles. The van der Waals surface area contributed by atoms with Gasteiger partial charge in [0.1, 0.15) is 0 Å². The van der Waals surface area contributed by atoms with Gasteiger partial charge in [0.2, 0.25) is 0 Å². The molecule has 88 valence electrons. The van der Waals surface area contributed by atoms with E-state index in [0.29, 0.717) is 11.5 Å². The Bertz CT molecular complexity index is 329. The maximum Gasteiger partial charge on any atom is 0.0342 e. The maximum absolute atomic E-state index is 3.67. The molecule has 1 aromatic carbocycles. The van der Waals surface area contributed by atoms with Crippen LogP contribution in [-0.2, 0) is 0 Å². The van der Waals surface area contributed by atoms with Gasteiger partial charge in [0.15, 0.2) is 0 Å². The van der Waals surface area contributed by atoms with Crippen LogP contribution in [0.4, 0.5) is 5.69 Å². The van der Waals surface area contributed by atoms with Gasteiger partial charge in [-0.15, -0.1) is 0 Å². The van der Waals surface area contributed by atoms with E-state index in [1.165, 1.54) is 24.9 Å². The Morgan fingerprint density at radius 3 is 2.50 bits per heavy atom. The lowest BCUT2D eigenvalue weighted by Crippen LogP contribution is -2.36. The van der Waals surface area contributed by atoms with Crippen LogP contribution in [0.15, 0.2) is 30.3 Å². The van der Waals surface area contributed by atoms with Crippen LogP contribution in [0, 0.1) is 11.3 Å². The Morgan fingerprint density at radius 1 is 1.19 bits per heavy atom. The Labute approximate surface area is 99.3 Å². The van der Waals surface area contributed by atoms with Crippen LogP contribution in [0.1, 0.15) is 40.0 Å². The van der Waals surface area contributed by atoms with Crippen LogP contribution in [0.3, 0.4) is 0 Å². The summed E-state index contributed by atoms with van der Waals surface area (Å²) >= 11 is 0. The van der Waals surface area contributed by atoms with E-state index in [2.05, 4.69) is 56.4 Å². The molecule has 1 aromatic rings. The first kappa shape index (κ1) is 11.5. The predicted octanol–water partition coefficient (Wildman–Crippen LogP) is 4.31. The first-order valence-corrected chi connectivity index (χ1v) is 6.38. The van der Waals surface area contributed by atoms with Gasteiger partial charge in [-0.1, -0.05) is 39.0 Å². The second kappa shape index (κ2) is 4.48. The standard InChI is InChI=1S/C15H23N/c1-12-11-15(2,3)10-9-14(12)16-13-7-5-4-6-8-13/h4-8,12,14,16H,9-11H2,1-3H3. The quantitative estimate of drug-likeness (QED) is 0.778. The Balaban J connectivity index is 1.97. The van der Waals surface area contributed by atoms with Crippen LogP contribution < -0.4 is 5.32 Å². The van der Waals surface area contributed by atoms with Crippen molar-refractivity contribution in [3.63, 3.8) is 0 Å². The molecule has 2 unspecified atom stereocenters. The number of para-hydroxylation sites is 1. The molecular weight excluding hydrogens is 194 g/mol. The molecule has 0 radical (unpaired) electrons. The van der Waals surface area contributed by atoms with E-state index >= 15 is 0 Å². The third kappa shape index (κ3) is 2.78. The van der Waals surface area contributed by atoms with Gasteiger partial charge in [-0.2, -0.15) is 0 Å². The fourth-order valence-electron chi connectivity index (χ4n) is 2.91. The summed E-state index contributed by atoms with van der Waals surface area (Å²) < 4.78 is 0. The predicted molar refractivity (Wildman–Crippen MR) is 70.6 cm³/mol. The van der Waals surface area contributed by atoms with Gasteiger partial charge in [0, 0.05) is 11.7 Å². The smallest absolute Gasteiger partial charge is 0.0342 e. The van der Waals surface area contributed by atoms with Gasteiger partial charge in [-0.25, -0.2) is 0 Å². The van der Waals surface area contributed by atoms with Crippen LogP contribution in [0.25, 0.3) is 0 Å². The second-order valence-electron chi connectivity index (χ2n) is 6.00. The van der Waals surface area contributed by atoms with Crippen LogP contribution in [0.2, 0.25) is 0 Å². The normalized spacial score (nSPS) is 28.7. The van der Waals surface area contributed by atoms with Crippen molar-refractivity contribution in [2.75, 3.05) is 5.32 Å². The van der Waals surface area contributed by atoms with Gasteiger partial charge in [0.05, 0.1) is 0 Å². The van der Waals surface area contributed by atoms with Crippen molar-refractivity contribution in [3.05, 3.63) is 30.3 Å². The van der Waals surface area contributed by atoms with Gasteiger partial charge >= 0.3 is 0 Å².